The van der Waals surface area contributed by atoms with Crippen LogP contribution in [0.25, 0.3) is 11.6 Å². The molecule has 0 unspecified atom stereocenters. The van der Waals surface area contributed by atoms with Gasteiger partial charge in [-0.2, -0.15) is 4.98 Å². The standard InChI is InChI=1S/C7H7N3OS/c1-4-8-7(11-10-4)6-3-12-5(2)9-6/h3H,1-2H3. The maximum Gasteiger partial charge on any atom is 0.277 e. The van der Waals surface area contributed by atoms with Gasteiger partial charge in [-0.25, -0.2) is 4.98 Å². The number of hydrogen-bond donors (Lipinski definition) is 0. The number of aromatic nitrogens is 3. The summed E-state index contributed by atoms with van der Waals surface area (Å²) in [6.07, 6.45) is 0. The summed E-state index contributed by atoms with van der Waals surface area (Å²) in [6.45, 7) is 3.73. The van der Waals surface area contributed by atoms with E-state index in [9.17, 15) is 0 Å². The van der Waals surface area contributed by atoms with Gasteiger partial charge < -0.3 is 4.52 Å². The van der Waals surface area contributed by atoms with Crippen LogP contribution < -0.4 is 0 Å². The summed E-state index contributed by atoms with van der Waals surface area (Å²) >= 11 is 1.57. The highest BCUT2D eigenvalue weighted by Gasteiger charge is 2.08. The van der Waals surface area contributed by atoms with E-state index in [1.54, 1.807) is 18.3 Å². The largest absolute Gasteiger partial charge is 0.332 e. The van der Waals surface area contributed by atoms with E-state index in [0.29, 0.717) is 11.7 Å². The monoisotopic (exact) mass is 181 g/mol. The van der Waals surface area contributed by atoms with Crippen LogP contribution >= 0.6 is 11.3 Å². The number of thiazole rings is 1. The van der Waals surface area contributed by atoms with Gasteiger partial charge in [-0.15, -0.1) is 11.3 Å². The molecule has 0 N–H and O–H groups in total. The molecule has 2 rings (SSSR count). The first-order valence-electron chi connectivity index (χ1n) is 3.48. The Labute approximate surface area is 73.3 Å². The quantitative estimate of drug-likeness (QED) is 0.673. The molecule has 0 radical (unpaired) electrons. The molecule has 0 aromatic carbocycles. The summed E-state index contributed by atoms with van der Waals surface area (Å²) in [7, 11) is 0. The van der Waals surface area contributed by atoms with Crippen molar-refractivity contribution in [3.05, 3.63) is 16.2 Å². The van der Waals surface area contributed by atoms with Crippen LogP contribution in [0.5, 0.6) is 0 Å². The van der Waals surface area contributed by atoms with E-state index in [1.807, 2.05) is 12.3 Å². The van der Waals surface area contributed by atoms with E-state index in [2.05, 4.69) is 15.1 Å². The first-order chi connectivity index (χ1) is 5.75. The number of nitrogens with zero attached hydrogens (tertiary/aromatic N) is 3. The number of aryl methyl sites for hydroxylation is 2. The van der Waals surface area contributed by atoms with Gasteiger partial charge in [0, 0.05) is 5.38 Å². The average molecular weight is 181 g/mol. The Balaban J connectivity index is 2.43. The number of rotatable bonds is 1. The molecular formula is C7H7N3OS. The Morgan fingerprint density at radius 2 is 2.17 bits per heavy atom. The lowest BCUT2D eigenvalue weighted by Gasteiger charge is -1.81. The first kappa shape index (κ1) is 7.42. The maximum atomic E-state index is 4.95. The highest BCUT2D eigenvalue weighted by atomic mass is 32.1. The Bertz CT molecular complexity index is 355. The molecule has 0 saturated heterocycles. The van der Waals surface area contributed by atoms with Crippen LogP contribution in [0.2, 0.25) is 0 Å². The molecule has 2 aromatic heterocycles. The fourth-order valence-corrected chi connectivity index (χ4v) is 1.45. The van der Waals surface area contributed by atoms with E-state index in [-0.39, 0.29) is 0 Å². The molecule has 0 aliphatic heterocycles. The lowest BCUT2D eigenvalue weighted by molar-refractivity contribution is 0.424. The van der Waals surface area contributed by atoms with Gasteiger partial charge in [-0.1, -0.05) is 5.16 Å². The fourth-order valence-electron chi connectivity index (χ4n) is 0.863. The SMILES string of the molecule is Cc1noc(-c2csc(C)n2)n1. The number of hydrogen-bond acceptors (Lipinski definition) is 5. The zero-order valence-corrected chi connectivity index (χ0v) is 7.55. The summed E-state index contributed by atoms with van der Waals surface area (Å²) in [4.78, 5) is 8.28. The topological polar surface area (TPSA) is 51.8 Å². The predicted molar refractivity (Wildman–Crippen MR) is 44.9 cm³/mol. The third-order valence-corrected chi connectivity index (χ3v) is 2.14. The molecule has 0 amide bonds. The average Bonchev–Trinajstić information content (AvgIpc) is 2.58. The zero-order chi connectivity index (χ0) is 8.55. The van der Waals surface area contributed by atoms with E-state index in [0.717, 1.165) is 10.7 Å². The summed E-state index contributed by atoms with van der Waals surface area (Å²) < 4.78 is 4.95. The van der Waals surface area contributed by atoms with Crippen molar-refractivity contribution < 1.29 is 4.52 Å². The van der Waals surface area contributed by atoms with Crippen molar-refractivity contribution >= 4 is 11.3 Å². The van der Waals surface area contributed by atoms with Crippen molar-refractivity contribution in [3.63, 3.8) is 0 Å². The van der Waals surface area contributed by atoms with Gasteiger partial charge in [0.25, 0.3) is 5.89 Å². The van der Waals surface area contributed by atoms with Crippen LogP contribution in [0.3, 0.4) is 0 Å². The van der Waals surface area contributed by atoms with Crippen molar-refractivity contribution in [2.45, 2.75) is 13.8 Å². The van der Waals surface area contributed by atoms with Gasteiger partial charge in [0.05, 0.1) is 5.01 Å². The highest BCUT2D eigenvalue weighted by Crippen LogP contribution is 2.18. The molecule has 2 heterocycles. The lowest BCUT2D eigenvalue weighted by atomic mass is 10.5. The van der Waals surface area contributed by atoms with Crippen molar-refractivity contribution in [2.24, 2.45) is 0 Å². The van der Waals surface area contributed by atoms with Crippen LogP contribution in [0.1, 0.15) is 10.8 Å². The van der Waals surface area contributed by atoms with Crippen molar-refractivity contribution in [1.29, 1.82) is 0 Å². The molecule has 62 valence electrons. The Hall–Kier alpha value is -1.23. The molecular weight excluding hydrogens is 174 g/mol. The van der Waals surface area contributed by atoms with Gasteiger partial charge >= 0.3 is 0 Å². The van der Waals surface area contributed by atoms with Gasteiger partial charge in [0.15, 0.2) is 5.82 Å². The second-order valence-electron chi connectivity index (χ2n) is 2.40. The molecule has 12 heavy (non-hydrogen) atoms. The third-order valence-electron chi connectivity index (χ3n) is 1.37. The molecule has 0 bridgehead atoms. The van der Waals surface area contributed by atoms with Crippen molar-refractivity contribution in [3.8, 4) is 11.6 Å². The minimum atomic E-state index is 0.497. The molecule has 0 aliphatic carbocycles. The Kier molecular flexibility index (Phi) is 1.65. The van der Waals surface area contributed by atoms with E-state index in [4.69, 9.17) is 4.52 Å². The van der Waals surface area contributed by atoms with Crippen molar-refractivity contribution in [1.82, 2.24) is 15.1 Å². The Morgan fingerprint density at radius 1 is 1.33 bits per heavy atom. The van der Waals surface area contributed by atoms with Crippen LogP contribution in [0.15, 0.2) is 9.90 Å². The molecule has 4 nitrogen and oxygen atoms in total. The van der Waals surface area contributed by atoms with Crippen LogP contribution in [0, 0.1) is 13.8 Å². The highest BCUT2D eigenvalue weighted by molar-refractivity contribution is 7.09. The minimum absolute atomic E-state index is 0.497. The molecule has 0 fully saturated rings. The van der Waals surface area contributed by atoms with E-state index in [1.165, 1.54) is 0 Å². The smallest absolute Gasteiger partial charge is 0.277 e. The van der Waals surface area contributed by atoms with Crippen LogP contribution in [-0.2, 0) is 0 Å². The second-order valence-corrected chi connectivity index (χ2v) is 3.46. The maximum absolute atomic E-state index is 4.95. The molecule has 5 heteroatoms. The predicted octanol–water partition coefficient (Wildman–Crippen LogP) is 1.81. The summed E-state index contributed by atoms with van der Waals surface area (Å²) in [5.74, 6) is 1.13. The van der Waals surface area contributed by atoms with Gasteiger partial charge in [0.1, 0.15) is 5.69 Å². The van der Waals surface area contributed by atoms with E-state index < -0.39 is 0 Å². The molecule has 0 aliphatic rings. The molecule has 2 aromatic rings. The zero-order valence-electron chi connectivity index (χ0n) is 6.74. The Morgan fingerprint density at radius 3 is 2.67 bits per heavy atom. The van der Waals surface area contributed by atoms with Gasteiger partial charge in [0.2, 0.25) is 0 Å². The van der Waals surface area contributed by atoms with Gasteiger partial charge in [-0.05, 0) is 13.8 Å². The third kappa shape index (κ3) is 1.23. The summed E-state index contributed by atoms with van der Waals surface area (Å²) in [6, 6.07) is 0. The van der Waals surface area contributed by atoms with Crippen molar-refractivity contribution in [2.75, 3.05) is 0 Å². The first-order valence-corrected chi connectivity index (χ1v) is 4.36. The fraction of sp³-hybridized carbons (Fsp3) is 0.286. The summed E-state index contributed by atoms with van der Waals surface area (Å²) in [5, 5.41) is 6.59. The lowest BCUT2D eigenvalue weighted by Crippen LogP contribution is -1.77. The normalized spacial score (nSPS) is 10.5. The molecule has 0 saturated carbocycles. The summed E-state index contributed by atoms with van der Waals surface area (Å²) in [5.41, 5.74) is 0.762. The second kappa shape index (κ2) is 2.67. The van der Waals surface area contributed by atoms with Gasteiger partial charge in [-0.3, -0.25) is 0 Å². The van der Waals surface area contributed by atoms with Crippen LogP contribution in [0.4, 0.5) is 0 Å². The molecule has 0 atom stereocenters. The van der Waals surface area contributed by atoms with E-state index >= 15 is 0 Å². The minimum Gasteiger partial charge on any atom is -0.332 e. The van der Waals surface area contributed by atoms with Crippen LogP contribution in [-0.4, -0.2) is 15.1 Å². The molecule has 0 spiro atoms.